The number of aliphatic hydroxyl groups excluding tert-OH is 1. The molecule has 0 saturated carbocycles. The van der Waals surface area contributed by atoms with Crippen LogP contribution in [0, 0.1) is 5.92 Å². The molecule has 0 radical (unpaired) electrons. The molecule has 1 aromatic carbocycles. The van der Waals surface area contributed by atoms with Crippen molar-refractivity contribution in [1.82, 2.24) is 4.90 Å². The van der Waals surface area contributed by atoms with E-state index < -0.39 is 23.8 Å². The standard InChI is InChI=1S/C14H16F3NO2/c1-9-8-18(7-6-12(9)19)13(20)10-4-2-3-5-11(10)14(15,16)17/h2-5,9,12,19H,6-8H2,1H3. The summed E-state index contributed by atoms with van der Waals surface area (Å²) in [6.07, 6.45) is -4.66. The summed E-state index contributed by atoms with van der Waals surface area (Å²) in [5.74, 6) is -0.762. The van der Waals surface area contributed by atoms with Gasteiger partial charge in [-0.3, -0.25) is 4.79 Å². The molecule has 0 spiro atoms. The Kier molecular flexibility index (Phi) is 4.04. The number of aliphatic hydroxyl groups is 1. The second-order valence-corrected chi connectivity index (χ2v) is 5.13. The summed E-state index contributed by atoms with van der Waals surface area (Å²) in [5.41, 5.74) is -1.24. The summed E-state index contributed by atoms with van der Waals surface area (Å²) in [6, 6.07) is 4.79. The Hall–Kier alpha value is -1.56. The van der Waals surface area contributed by atoms with E-state index in [0.717, 1.165) is 6.07 Å². The lowest BCUT2D eigenvalue weighted by Crippen LogP contribution is -2.45. The zero-order chi connectivity index (χ0) is 14.9. The van der Waals surface area contributed by atoms with Crippen molar-refractivity contribution in [3.63, 3.8) is 0 Å². The van der Waals surface area contributed by atoms with Crippen LogP contribution in [0.15, 0.2) is 24.3 Å². The Morgan fingerprint density at radius 1 is 1.35 bits per heavy atom. The minimum absolute atomic E-state index is 0.134. The van der Waals surface area contributed by atoms with Gasteiger partial charge in [0.25, 0.3) is 5.91 Å². The lowest BCUT2D eigenvalue weighted by Gasteiger charge is -2.34. The first kappa shape index (κ1) is 14.8. The third kappa shape index (κ3) is 2.95. The molecule has 2 atom stereocenters. The summed E-state index contributed by atoms with van der Waals surface area (Å²) < 4.78 is 38.7. The first-order chi connectivity index (χ1) is 9.30. The number of likely N-dealkylation sites (tertiary alicyclic amines) is 1. The SMILES string of the molecule is CC1CN(C(=O)c2ccccc2C(F)(F)F)CCC1O. The van der Waals surface area contributed by atoms with Crippen LogP contribution >= 0.6 is 0 Å². The number of amides is 1. The van der Waals surface area contributed by atoms with E-state index in [0.29, 0.717) is 6.42 Å². The summed E-state index contributed by atoms with van der Waals surface area (Å²) >= 11 is 0. The summed E-state index contributed by atoms with van der Waals surface area (Å²) in [6.45, 7) is 2.32. The predicted octanol–water partition coefficient (Wildman–Crippen LogP) is 2.55. The van der Waals surface area contributed by atoms with Crippen molar-refractivity contribution in [3.8, 4) is 0 Å². The molecule has 0 aromatic heterocycles. The topological polar surface area (TPSA) is 40.5 Å². The largest absolute Gasteiger partial charge is 0.417 e. The highest BCUT2D eigenvalue weighted by Crippen LogP contribution is 2.32. The molecule has 20 heavy (non-hydrogen) atoms. The fourth-order valence-corrected chi connectivity index (χ4v) is 2.40. The molecule has 110 valence electrons. The second-order valence-electron chi connectivity index (χ2n) is 5.13. The normalized spacial score (nSPS) is 23.8. The Bertz CT molecular complexity index is 501. The maximum absolute atomic E-state index is 12.9. The number of rotatable bonds is 1. The summed E-state index contributed by atoms with van der Waals surface area (Å²) in [4.78, 5) is 13.6. The van der Waals surface area contributed by atoms with Gasteiger partial charge in [-0.05, 0) is 24.5 Å². The van der Waals surface area contributed by atoms with Gasteiger partial charge in [0.05, 0.1) is 17.2 Å². The van der Waals surface area contributed by atoms with E-state index in [2.05, 4.69) is 0 Å². The fraction of sp³-hybridized carbons (Fsp3) is 0.500. The maximum Gasteiger partial charge on any atom is 0.417 e. The summed E-state index contributed by atoms with van der Waals surface area (Å²) in [5, 5.41) is 9.61. The lowest BCUT2D eigenvalue weighted by molar-refractivity contribution is -0.138. The Morgan fingerprint density at radius 2 is 2.00 bits per heavy atom. The van der Waals surface area contributed by atoms with Crippen LogP contribution in [0.4, 0.5) is 13.2 Å². The fourth-order valence-electron chi connectivity index (χ4n) is 2.40. The number of hydrogen-bond donors (Lipinski definition) is 1. The number of carbonyl (C=O) groups excluding carboxylic acids is 1. The van der Waals surface area contributed by atoms with Gasteiger partial charge in [-0.15, -0.1) is 0 Å². The van der Waals surface area contributed by atoms with E-state index in [9.17, 15) is 23.1 Å². The number of alkyl halides is 3. The molecule has 1 N–H and O–H groups in total. The van der Waals surface area contributed by atoms with Gasteiger partial charge >= 0.3 is 6.18 Å². The van der Waals surface area contributed by atoms with Crippen molar-refractivity contribution in [3.05, 3.63) is 35.4 Å². The molecule has 2 rings (SSSR count). The molecular weight excluding hydrogens is 271 g/mol. The van der Waals surface area contributed by atoms with Crippen LogP contribution in [-0.4, -0.2) is 35.1 Å². The van der Waals surface area contributed by atoms with Gasteiger partial charge in [-0.2, -0.15) is 13.2 Å². The number of nitrogens with zero attached hydrogens (tertiary/aromatic N) is 1. The second kappa shape index (κ2) is 5.44. The average molecular weight is 287 g/mol. The maximum atomic E-state index is 12.9. The Labute approximate surface area is 115 Å². The molecule has 1 saturated heterocycles. The Balaban J connectivity index is 2.26. The summed E-state index contributed by atoms with van der Waals surface area (Å²) in [7, 11) is 0. The third-order valence-corrected chi connectivity index (χ3v) is 3.61. The molecular formula is C14H16F3NO2. The van der Waals surface area contributed by atoms with Crippen LogP contribution in [0.1, 0.15) is 29.3 Å². The van der Waals surface area contributed by atoms with Gasteiger partial charge in [0.1, 0.15) is 0 Å². The van der Waals surface area contributed by atoms with Crippen molar-refractivity contribution >= 4 is 5.91 Å². The number of carbonyl (C=O) groups is 1. The monoisotopic (exact) mass is 287 g/mol. The molecule has 1 fully saturated rings. The van der Waals surface area contributed by atoms with Crippen molar-refractivity contribution < 1.29 is 23.1 Å². The van der Waals surface area contributed by atoms with E-state index in [1.807, 2.05) is 0 Å². The van der Waals surface area contributed by atoms with Crippen molar-refractivity contribution in [2.45, 2.75) is 25.6 Å². The third-order valence-electron chi connectivity index (χ3n) is 3.61. The van der Waals surface area contributed by atoms with Gasteiger partial charge in [-0.25, -0.2) is 0 Å². The number of piperidine rings is 1. The molecule has 0 bridgehead atoms. The van der Waals surface area contributed by atoms with Gasteiger partial charge in [0, 0.05) is 13.1 Å². The smallest absolute Gasteiger partial charge is 0.393 e. The quantitative estimate of drug-likeness (QED) is 0.862. The van der Waals surface area contributed by atoms with E-state index in [-0.39, 0.29) is 24.6 Å². The zero-order valence-electron chi connectivity index (χ0n) is 11.0. The van der Waals surface area contributed by atoms with Gasteiger partial charge in [-0.1, -0.05) is 19.1 Å². The van der Waals surface area contributed by atoms with Crippen molar-refractivity contribution in [2.24, 2.45) is 5.92 Å². The molecule has 2 unspecified atom stereocenters. The number of hydrogen-bond acceptors (Lipinski definition) is 2. The van der Waals surface area contributed by atoms with Crippen LogP contribution in [0.3, 0.4) is 0 Å². The minimum Gasteiger partial charge on any atom is -0.393 e. The van der Waals surface area contributed by atoms with Crippen LogP contribution in [0.2, 0.25) is 0 Å². The van der Waals surface area contributed by atoms with Crippen molar-refractivity contribution in [1.29, 1.82) is 0 Å². The van der Waals surface area contributed by atoms with E-state index >= 15 is 0 Å². The molecule has 1 aliphatic rings. The van der Waals surface area contributed by atoms with E-state index in [4.69, 9.17) is 0 Å². The molecule has 0 aliphatic carbocycles. The van der Waals surface area contributed by atoms with Crippen molar-refractivity contribution in [2.75, 3.05) is 13.1 Å². The van der Waals surface area contributed by atoms with E-state index in [1.165, 1.54) is 23.1 Å². The minimum atomic E-state index is -4.55. The average Bonchev–Trinajstić information content (AvgIpc) is 2.40. The Morgan fingerprint density at radius 3 is 2.60 bits per heavy atom. The lowest BCUT2D eigenvalue weighted by atomic mass is 9.95. The van der Waals surface area contributed by atoms with Gasteiger partial charge < -0.3 is 10.0 Å². The number of benzene rings is 1. The zero-order valence-corrected chi connectivity index (χ0v) is 11.0. The van der Waals surface area contributed by atoms with E-state index in [1.54, 1.807) is 6.92 Å². The van der Waals surface area contributed by atoms with Crippen LogP contribution in [0.5, 0.6) is 0 Å². The molecule has 6 heteroatoms. The molecule has 1 aliphatic heterocycles. The highest BCUT2D eigenvalue weighted by Gasteiger charge is 2.37. The molecule has 3 nitrogen and oxygen atoms in total. The van der Waals surface area contributed by atoms with Gasteiger partial charge in [0.2, 0.25) is 0 Å². The highest BCUT2D eigenvalue weighted by atomic mass is 19.4. The van der Waals surface area contributed by atoms with Crippen LogP contribution in [0.25, 0.3) is 0 Å². The predicted molar refractivity (Wildman–Crippen MR) is 67.1 cm³/mol. The molecule has 1 amide bonds. The molecule has 1 heterocycles. The molecule has 1 aromatic rings. The van der Waals surface area contributed by atoms with Gasteiger partial charge in [0.15, 0.2) is 0 Å². The van der Waals surface area contributed by atoms with Crippen LogP contribution < -0.4 is 0 Å². The first-order valence-corrected chi connectivity index (χ1v) is 6.44. The highest BCUT2D eigenvalue weighted by molar-refractivity contribution is 5.96. The van der Waals surface area contributed by atoms with Crippen LogP contribution in [-0.2, 0) is 6.18 Å². The first-order valence-electron chi connectivity index (χ1n) is 6.44. The number of halogens is 3.